The van der Waals surface area contributed by atoms with E-state index < -0.39 is 17.9 Å². The second-order valence-corrected chi connectivity index (χ2v) is 7.28. The number of fused-ring (bicyclic) bond motifs is 2. The Labute approximate surface area is 164 Å². The number of halogens is 1. The van der Waals surface area contributed by atoms with Gasteiger partial charge in [-0.1, -0.05) is 15.9 Å². The molecule has 0 fully saturated rings. The standard InChI is InChI=1S/C19H21BrN2O5/c1-3-26-18(24)14(19(25)27-4-2)9-11-7-8-22-16(11)21-15-6-5-12(20)10-13(15)17(22)23/h5-6,10-11,14H,3-4,7-9H2,1-2H3. The number of carbonyl (C=O) groups excluding carboxylic acids is 2. The number of ether oxygens (including phenoxy) is 2. The lowest BCUT2D eigenvalue weighted by molar-refractivity contribution is -0.162. The van der Waals surface area contributed by atoms with E-state index in [0.717, 1.165) is 4.47 Å². The summed E-state index contributed by atoms with van der Waals surface area (Å²) in [4.78, 5) is 42.0. The molecule has 0 aliphatic carbocycles. The van der Waals surface area contributed by atoms with Crippen LogP contribution in [0.2, 0.25) is 0 Å². The first kappa shape index (κ1) is 19.5. The normalized spacial score (nSPS) is 15.8. The molecule has 2 aromatic rings. The van der Waals surface area contributed by atoms with E-state index in [1.807, 2.05) is 6.07 Å². The smallest absolute Gasteiger partial charge is 0.320 e. The van der Waals surface area contributed by atoms with E-state index in [-0.39, 0.29) is 31.1 Å². The second-order valence-electron chi connectivity index (χ2n) is 6.37. The first-order valence-electron chi connectivity index (χ1n) is 8.99. The first-order valence-corrected chi connectivity index (χ1v) is 9.78. The molecule has 1 unspecified atom stereocenters. The van der Waals surface area contributed by atoms with Crippen LogP contribution < -0.4 is 5.56 Å². The summed E-state index contributed by atoms with van der Waals surface area (Å²) >= 11 is 3.37. The summed E-state index contributed by atoms with van der Waals surface area (Å²) in [5.41, 5.74) is 0.493. The lowest BCUT2D eigenvalue weighted by atomic mass is 9.93. The maximum Gasteiger partial charge on any atom is 0.320 e. The van der Waals surface area contributed by atoms with Crippen LogP contribution in [0.4, 0.5) is 0 Å². The molecule has 27 heavy (non-hydrogen) atoms. The van der Waals surface area contributed by atoms with Gasteiger partial charge in [0.25, 0.3) is 5.56 Å². The molecule has 2 heterocycles. The van der Waals surface area contributed by atoms with Crippen molar-refractivity contribution in [3.8, 4) is 0 Å². The van der Waals surface area contributed by atoms with E-state index in [9.17, 15) is 14.4 Å². The van der Waals surface area contributed by atoms with E-state index in [0.29, 0.717) is 29.7 Å². The predicted octanol–water partition coefficient (Wildman–Crippen LogP) is 2.78. The number of carbonyl (C=O) groups is 2. The van der Waals surface area contributed by atoms with Gasteiger partial charge in [-0.15, -0.1) is 0 Å². The highest BCUT2D eigenvalue weighted by Gasteiger charge is 2.36. The van der Waals surface area contributed by atoms with Crippen LogP contribution in [0.15, 0.2) is 27.5 Å². The summed E-state index contributed by atoms with van der Waals surface area (Å²) in [6.07, 6.45) is 0.848. The van der Waals surface area contributed by atoms with Gasteiger partial charge < -0.3 is 9.47 Å². The molecule has 0 bridgehead atoms. The maximum absolute atomic E-state index is 12.8. The van der Waals surface area contributed by atoms with Crippen molar-refractivity contribution < 1.29 is 19.1 Å². The molecule has 0 saturated heterocycles. The van der Waals surface area contributed by atoms with E-state index in [1.54, 1.807) is 30.5 Å². The first-order chi connectivity index (χ1) is 13.0. The molecule has 1 aliphatic heterocycles. The summed E-state index contributed by atoms with van der Waals surface area (Å²) < 4.78 is 12.5. The van der Waals surface area contributed by atoms with Crippen LogP contribution in [0.5, 0.6) is 0 Å². The van der Waals surface area contributed by atoms with Crippen molar-refractivity contribution >= 4 is 38.8 Å². The number of hydrogen-bond acceptors (Lipinski definition) is 6. The Bertz CT molecular complexity index is 922. The Morgan fingerprint density at radius 3 is 2.56 bits per heavy atom. The quantitative estimate of drug-likeness (QED) is 0.510. The fourth-order valence-corrected chi connectivity index (χ4v) is 3.80. The average Bonchev–Trinajstić information content (AvgIpc) is 3.03. The minimum Gasteiger partial charge on any atom is -0.465 e. The minimum atomic E-state index is -1.01. The zero-order valence-corrected chi connectivity index (χ0v) is 16.8. The van der Waals surface area contributed by atoms with Gasteiger partial charge in [-0.25, -0.2) is 4.98 Å². The van der Waals surface area contributed by atoms with Gasteiger partial charge in [0, 0.05) is 16.9 Å². The number of hydrogen-bond donors (Lipinski definition) is 0. The number of nitrogens with zero attached hydrogens (tertiary/aromatic N) is 2. The van der Waals surface area contributed by atoms with Crippen LogP contribution >= 0.6 is 15.9 Å². The molecule has 1 aliphatic rings. The zero-order chi connectivity index (χ0) is 19.6. The molecule has 1 aromatic heterocycles. The van der Waals surface area contributed by atoms with Crippen molar-refractivity contribution in [1.82, 2.24) is 9.55 Å². The van der Waals surface area contributed by atoms with Gasteiger partial charge in [-0.3, -0.25) is 19.0 Å². The second kappa shape index (κ2) is 8.21. The Balaban J connectivity index is 1.95. The molecule has 1 atom stereocenters. The lowest BCUT2D eigenvalue weighted by Gasteiger charge is -2.18. The third-order valence-corrected chi connectivity index (χ3v) is 5.17. The molecule has 0 N–H and O–H groups in total. The van der Waals surface area contributed by atoms with Gasteiger partial charge in [-0.2, -0.15) is 0 Å². The number of benzene rings is 1. The molecule has 0 spiro atoms. The fourth-order valence-electron chi connectivity index (χ4n) is 3.43. The molecule has 144 valence electrons. The molecule has 0 amide bonds. The van der Waals surface area contributed by atoms with Crippen LogP contribution in [0.3, 0.4) is 0 Å². The van der Waals surface area contributed by atoms with Crippen LogP contribution in [-0.4, -0.2) is 34.7 Å². The zero-order valence-electron chi connectivity index (χ0n) is 15.2. The van der Waals surface area contributed by atoms with Crippen LogP contribution in [-0.2, 0) is 25.6 Å². The van der Waals surface area contributed by atoms with Crippen molar-refractivity contribution in [2.24, 2.45) is 5.92 Å². The third-order valence-electron chi connectivity index (χ3n) is 4.67. The average molecular weight is 437 g/mol. The molecular weight excluding hydrogens is 416 g/mol. The Morgan fingerprint density at radius 2 is 1.93 bits per heavy atom. The molecule has 1 aromatic carbocycles. The van der Waals surface area contributed by atoms with Gasteiger partial charge >= 0.3 is 11.9 Å². The third kappa shape index (κ3) is 3.90. The fraction of sp³-hybridized carbons (Fsp3) is 0.474. The summed E-state index contributed by atoms with van der Waals surface area (Å²) in [6, 6.07) is 5.37. The monoisotopic (exact) mass is 436 g/mol. The summed E-state index contributed by atoms with van der Waals surface area (Å²) in [6.45, 7) is 4.26. The van der Waals surface area contributed by atoms with Crippen molar-refractivity contribution in [3.63, 3.8) is 0 Å². The molecule has 0 radical (unpaired) electrons. The van der Waals surface area contributed by atoms with Crippen LogP contribution in [0.1, 0.15) is 38.4 Å². The highest BCUT2D eigenvalue weighted by atomic mass is 79.9. The highest BCUT2D eigenvalue weighted by Crippen LogP contribution is 2.33. The predicted molar refractivity (Wildman–Crippen MR) is 102 cm³/mol. The maximum atomic E-state index is 12.8. The van der Waals surface area contributed by atoms with Gasteiger partial charge in [0.2, 0.25) is 0 Å². The molecular formula is C19H21BrN2O5. The summed E-state index contributed by atoms with van der Waals surface area (Å²) in [5, 5.41) is 0.543. The molecule has 8 heteroatoms. The van der Waals surface area contributed by atoms with Gasteiger partial charge in [0.1, 0.15) is 5.82 Å². The number of esters is 2. The van der Waals surface area contributed by atoms with Crippen LogP contribution in [0, 0.1) is 5.92 Å². The topological polar surface area (TPSA) is 87.5 Å². The number of aromatic nitrogens is 2. The van der Waals surface area contributed by atoms with Crippen molar-refractivity contribution in [2.45, 2.75) is 39.2 Å². The van der Waals surface area contributed by atoms with E-state index in [4.69, 9.17) is 9.47 Å². The minimum absolute atomic E-state index is 0.109. The van der Waals surface area contributed by atoms with Crippen LogP contribution in [0.25, 0.3) is 10.9 Å². The lowest BCUT2D eigenvalue weighted by Crippen LogP contribution is -2.30. The van der Waals surface area contributed by atoms with Gasteiger partial charge in [0.05, 0.1) is 24.1 Å². The van der Waals surface area contributed by atoms with Crippen molar-refractivity contribution in [1.29, 1.82) is 0 Å². The van der Waals surface area contributed by atoms with Crippen molar-refractivity contribution in [3.05, 3.63) is 38.9 Å². The largest absolute Gasteiger partial charge is 0.465 e. The van der Waals surface area contributed by atoms with Crippen molar-refractivity contribution in [2.75, 3.05) is 13.2 Å². The Hall–Kier alpha value is -2.22. The SMILES string of the molecule is CCOC(=O)C(CC1CCn2c1nc1ccc(Br)cc1c2=O)C(=O)OCC. The summed E-state index contributed by atoms with van der Waals surface area (Å²) in [7, 11) is 0. The van der Waals surface area contributed by atoms with Gasteiger partial charge in [-0.05, 0) is 44.9 Å². The molecule has 0 saturated carbocycles. The van der Waals surface area contributed by atoms with E-state index >= 15 is 0 Å². The molecule has 7 nitrogen and oxygen atoms in total. The highest BCUT2D eigenvalue weighted by molar-refractivity contribution is 9.10. The number of rotatable bonds is 6. The van der Waals surface area contributed by atoms with E-state index in [1.165, 1.54) is 0 Å². The Morgan fingerprint density at radius 1 is 1.26 bits per heavy atom. The molecule has 3 rings (SSSR count). The van der Waals surface area contributed by atoms with Gasteiger partial charge in [0.15, 0.2) is 5.92 Å². The van der Waals surface area contributed by atoms with E-state index in [2.05, 4.69) is 20.9 Å². The summed E-state index contributed by atoms with van der Waals surface area (Å²) in [5.74, 6) is -1.79. The Kier molecular flexibility index (Phi) is 5.94.